The summed E-state index contributed by atoms with van der Waals surface area (Å²) in [6.07, 6.45) is 3.08. The first-order valence-corrected chi connectivity index (χ1v) is 8.39. The largest absolute Gasteiger partial charge is 0.381 e. The van der Waals surface area contributed by atoms with Crippen LogP contribution in [0, 0.1) is 16.0 Å². The second-order valence-corrected chi connectivity index (χ2v) is 6.58. The van der Waals surface area contributed by atoms with Crippen molar-refractivity contribution < 1.29 is 14.4 Å². The van der Waals surface area contributed by atoms with Gasteiger partial charge in [-0.05, 0) is 31.4 Å². The van der Waals surface area contributed by atoms with Crippen molar-refractivity contribution in [3.05, 3.63) is 33.3 Å². The molecule has 1 aromatic carbocycles. The maximum Gasteiger partial charge on any atom is 0.294 e. The third-order valence-corrected chi connectivity index (χ3v) is 4.74. The molecule has 2 aliphatic rings. The molecule has 0 radical (unpaired) electrons. The minimum Gasteiger partial charge on any atom is -0.381 e. The van der Waals surface area contributed by atoms with Crippen LogP contribution in [0.25, 0.3) is 0 Å². The van der Waals surface area contributed by atoms with Gasteiger partial charge in [-0.25, -0.2) is 0 Å². The minimum absolute atomic E-state index is 0.0694. The summed E-state index contributed by atoms with van der Waals surface area (Å²) in [4.78, 5) is 12.9. The van der Waals surface area contributed by atoms with Crippen molar-refractivity contribution in [2.24, 2.45) is 5.92 Å². The van der Waals surface area contributed by atoms with Gasteiger partial charge in [0.25, 0.3) is 5.69 Å². The van der Waals surface area contributed by atoms with Crippen molar-refractivity contribution >= 4 is 23.0 Å². The maximum atomic E-state index is 11.2. The Morgan fingerprint density at radius 3 is 2.78 bits per heavy atom. The van der Waals surface area contributed by atoms with Crippen LogP contribution < -0.4 is 4.90 Å². The Bertz CT molecular complexity index is 555. The van der Waals surface area contributed by atoms with E-state index in [-0.39, 0.29) is 16.7 Å². The average molecular weight is 341 g/mol. The second kappa shape index (κ2) is 7.47. The van der Waals surface area contributed by atoms with Crippen LogP contribution >= 0.6 is 11.6 Å². The summed E-state index contributed by atoms with van der Waals surface area (Å²) in [5.41, 5.74) is 0.710. The third kappa shape index (κ3) is 4.13. The number of anilines is 1. The molecule has 1 atom stereocenters. The lowest BCUT2D eigenvalue weighted by Crippen LogP contribution is -2.38. The van der Waals surface area contributed by atoms with Crippen LogP contribution in [0.2, 0.25) is 5.02 Å². The van der Waals surface area contributed by atoms with Crippen molar-refractivity contribution in [3.63, 3.8) is 0 Å². The fourth-order valence-electron chi connectivity index (χ4n) is 3.16. The Balaban J connectivity index is 1.55. The number of halogens is 1. The van der Waals surface area contributed by atoms with Crippen LogP contribution in [0.5, 0.6) is 0 Å². The molecule has 126 valence electrons. The summed E-state index contributed by atoms with van der Waals surface area (Å²) in [6, 6.07) is 4.85. The summed E-state index contributed by atoms with van der Waals surface area (Å²) in [5.74, 6) is 0.519. The van der Waals surface area contributed by atoms with Gasteiger partial charge >= 0.3 is 0 Å². The van der Waals surface area contributed by atoms with E-state index in [2.05, 4.69) is 0 Å². The lowest BCUT2D eigenvalue weighted by Gasteiger charge is -2.33. The molecular weight excluding hydrogens is 320 g/mol. The summed E-state index contributed by atoms with van der Waals surface area (Å²) in [6.45, 7) is 3.91. The molecule has 0 spiro atoms. The minimum atomic E-state index is -0.371. The predicted octanol–water partition coefficient (Wildman–Crippen LogP) is 3.27. The second-order valence-electron chi connectivity index (χ2n) is 6.14. The highest BCUT2D eigenvalue weighted by atomic mass is 35.5. The highest BCUT2D eigenvalue weighted by molar-refractivity contribution is 6.30. The van der Waals surface area contributed by atoms with Gasteiger partial charge in [-0.2, -0.15) is 0 Å². The molecular formula is C16H21ClN2O4. The van der Waals surface area contributed by atoms with Gasteiger partial charge in [-0.1, -0.05) is 11.6 Å². The van der Waals surface area contributed by atoms with Crippen LogP contribution in [0.1, 0.15) is 19.3 Å². The fourth-order valence-corrected chi connectivity index (χ4v) is 3.33. The standard InChI is InChI=1S/C16H21ClN2O4/c17-13-1-2-15(16(9-13)19(20)21)18-6-3-14(4-7-18)23-11-12-5-8-22-10-12/h1-2,9,12,14H,3-8,10-11H2. The van der Waals surface area contributed by atoms with E-state index in [9.17, 15) is 10.1 Å². The SMILES string of the molecule is O=[N+]([O-])c1cc(Cl)ccc1N1CCC(OCC2CCOC2)CC1. The highest BCUT2D eigenvalue weighted by Gasteiger charge is 2.26. The first-order chi connectivity index (χ1) is 11.1. The zero-order valence-corrected chi connectivity index (χ0v) is 13.7. The highest BCUT2D eigenvalue weighted by Crippen LogP contribution is 2.33. The topological polar surface area (TPSA) is 64.8 Å². The van der Waals surface area contributed by atoms with Crippen LogP contribution in [-0.4, -0.2) is 43.9 Å². The third-order valence-electron chi connectivity index (χ3n) is 4.51. The molecule has 0 aliphatic carbocycles. The molecule has 0 N–H and O–H groups in total. The molecule has 0 saturated carbocycles. The first-order valence-electron chi connectivity index (χ1n) is 8.01. The average Bonchev–Trinajstić information content (AvgIpc) is 3.07. The molecule has 0 aromatic heterocycles. The van der Waals surface area contributed by atoms with Crippen LogP contribution in [0.15, 0.2) is 18.2 Å². The molecule has 0 amide bonds. The Hall–Kier alpha value is -1.37. The number of nitro benzene ring substituents is 1. The monoisotopic (exact) mass is 340 g/mol. The molecule has 2 saturated heterocycles. The normalized spacial score (nSPS) is 22.5. The van der Waals surface area contributed by atoms with Crippen LogP contribution in [-0.2, 0) is 9.47 Å². The summed E-state index contributed by atoms with van der Waals surface area (Å²) >= 11 is 5.87. The number of hydrogen-bond acceptors (Lipinski definition) is 5. The van der Waals surface area contributed by atoms with E-state index in [1.165, 1.54) is 6.07 Å². The molecule has 0 bridgehead atoms. The summed E-state index contributed by atoms with van der Waals surface area (Å²) in [5, 5.41) is 11.6. The van der Waals surface area contributed by atoms with Crippen LogP contribution in [0.4, 0.5) is 11.4 Å². The smallest absolute Gasteiger partial charge is 0.294 e. The van der Waals surface area contributed by atoms with Gasteiger partial charge in [0.1, 0.15) is 5.69 Å². The number of rotatable bonds is 5. The number of piperidine rings is 1. The molecule has 6 nitrogen and oxygen atoms in total. The fraction of sp³-hybridized carbons (Fsp3) is 0.625. The molecule has 1 unspecified atom stereocenters. The number of benzene rings is 1. The van der Waals surface area contributed by atoms with E-state index >= 15 is 0 Å². The molecule has 2 heterocycles. The van der Waals surface area contributed by atoms with Gasteiger partial charge in [0.2, 0.25) is 0 Å². The Morgan fingerprint density at radius 2 is 2.13 bits per heavy atom. The Kier molecular flexibility index (Phi) is 5.35. The van der Waals surface area contributed by atoms with Crippen LogP contribution in [0.3, 0.4) is 0 Å². The molecule has 23 heavy (non-hydrogen) atoms. The van der Waals surface area contributed by atoms with Gasteiger partial charge in [0.15, 0.2) is 0 Å². The molecule has 3 rings (SSSR count). The molecule has 2 aliphatic heterocycles. The van der Waals surface area contributed by atoms with Gasteiger partial charge < -0.3 is 14.4 Å². The first kappa shape index (κ1) is 16.5. The number of hydrogen-bond donors (Lipinski definition) is 0. The Labute approximate surface area is 140 Å². The number of nitrogens with zero attached hydrogens (tertiary/aromatic N) is 2. The summed E-state index contributed by atoms with van der Waals surface area (Å²) in [7, 11) is 0. The van der Waals surface area contributed by atoms with E-state index in [1.807, 2.05) is 4.90 Å². The molecule has 1 aromatic rings. The molecule has 2 fully saturated rings. The zero-order valence-electron chi connectivity index (χ0n) is 12.9. The van der Waals surface area contributed by atoms with Gasteiger partial charge in [0.05, 0.1) is 24.2 Å². The van der Waals surface area contributed by atoms with Crippen molar-refractivity contribution in [2.45, 2.75) is 25.4 Å². The lowest BCUT2D eigenvalue weighted by atomic mass is 10.1. The van der Waals surface area contributed by atoms with Crippen molar-refractivity contribution in [2.75, 3.05) is 37.8 Å². The maximum absolute atomic E-state index is 11.2. The summed E-state index contributed by atoms with van der Waals surface area (Å²) < 4.78 is 11.3. The van der Waals surface area contributed by atoms with E-state index in [0.29, 0.717) is 16.6 Å². The zero-order chi connectivity index (χ0) is 16.2. The van der Waals surface area contributed by atoms with E-state index in [4.69, 9.17) is 21.1 Å². The van der Waals surface area contributed by atoms with E-state index < -0.39 is 0 Å². The number of ether oxygens (including phenoxy) is 2. The molecule has 7 heteroatoms. The van der Waals surface area contributed by atoms with Crippen molar-refractivity contribution in [1.29, 1.82) is 0 Å². The Morgan fingerprint density at radius 1 is 1.35 bits per heavy atom. The van der Waals surface area contributed by atoms with Gasteiger partial charge in [0, 0.05) is 36.7 Å². The number of nitro groups is 1. The lowest BCUT2D eigenvalue weighted by molar-refractivity contribution is -0.384. The van der Waals surface area contributed by atoms with Crippen molar-refractivity contribution in [1.82, 2.24) is 0 Å². The van der Waals surface area contributed by atoms with E-state index in [0.717, 1.165) is 52.2 Å². The predicted molar refractivity (Wildman–Crippen MR) is 88.2 cm³/mol. The van der Waals surface area contributed by atoms with E-state index in [1.54, 1.807) is 12.1 Å². The van der Waals surface area contributed by atoms with Crippen molar-refractivity contribution in [3.8, 4) is 0 Å². The van der Waals surface area contributed by atoms with Gasteiger partial charge in [-0.3, -0.25) is 10.1 Å². The quantitative estimate of drug-likeness (QED) is 0.608. The van der Waals surface area contributed by atoms with Gasteiger partial charge in [-0.15, -0.1) is 0 Å².